The second-order valence-corrected chi connectivity index (χ2v) is 8.32. The van der Waals surface area contributed by atoms with Gasteiger partial charge in [0.1, 0.15) is 0 Å². The van der Waals surface area contributed by atoms with Crippen molar-refractivity contribution in [1.82, 2.24) is 15.1 Å². The summed E-state index contributed by atoms with van der Waals surface area (Å²) in [6, 6.07) is 0.482. The molecule has 2 unspecified atom stereocenters. The molecular formula is C19H36ClN3O2. The zero-order chi connectivity index (χ0) is 17.1. The van der Waals surface area contributed by atoms with Gasteiger partial charge in [0.15, 0.2) is 0 Å². The monoisotopic (exact) mass is 373 g/mol. The van der Waals surface area contributed by atoms with Crippen LogP contribution in [0.4, 0.5) is 0 Å². The van der Waals surface area contributed by atoms with Crippen LogP contribution in [0.25, 0.3) is 0 Å². The standard InChI is InChI=1S/C19H35N3O2.ClH/c1-14-10-18(4-7-20-14)19(23)22-8-5-17(6-9-22)13-21-11-15(2)24-16(3)12-21;/h14-18,20H,4-13H2,1-3H3;1H/t14-,15?,16?,18-;/m0./s1. The molecule has 0 spiro atoms. The molecule has 1 N–H and O–H groups in total. The van der Waals surface area contributed by atoms with E-state index in [4.69, 9.17) is 4.74 Å². The van der Waals surface area contributed by atoms with Gasteiger partial charge in [-0.3, -0.25) is 9.69 Å². The van der Waals surface area contributed by atoms with E-state index in [2.05, 4.69) is 35.9 Å². The zero-order valence-corrected chi connectivity index (χ0v) is 16.9. The fraction of sp³-hybridized carbons (Fsp3) is 0.947. The van der Waals surface area contributed by atoms with Gasteiger partial charge in [0.05, 0.1) is 12.2 Å². The predicted molar refractivity (Wildman–Crippen MR) is 103 cm³/mol. The van der Waals surface area contributed by atoms with Gasteiger partial charge >= 0.3 is 0 Å². The van der Waals surface area contributed by atoms with Crippen LogP contribution in [0.1, 0.15) is 46.5 Å². The van der Waals surface area contributed by atoms with Crippen LogP contribution >= 0.6 is 12.4 Å². The molecule has 0 radical (unpaired) electrons. The molecule has 1 amide bonds. The van der Waals surface area contributed by atoms with E-state index in [0.29, 0.717) is 24.2 Å². The van der Waals surface area contributed by atoms with Crippen molar-refractivity contribution in [3.63, 3.8) is 0 Å². The van der Waals surface area contributed by atoms with Gasteiger partial charge in [-0.2, -0.15) is 0 Å². The lowest BCUT2D eigenvalue weighted by atomic mass is 9.90. The van der Waals surface area contributed by atoms with Gasteiger partial charge in [-0.05, 0) is 58.9 Å². The fourth-order valence-corrected chi connectivity index (χ4v) is 4.75. The summed E-state index contributed by atoms with van der Waals surface area (Å²) in [4.78, 5) is 17.5. The molecule has 5 nitrogen and oxygen atoms in total. The minimum Gasteiger partial charge on any atom is -0.373 e. The summed E-state index contributed by atoms with van der Waals surface area (Å²) < 4.78 is 5.83. The fourth-order valence-electron chi connectivity index (χ4n) is 4.75. The van der Waals surface area contributed by atoms with Crippen LogP contribution in [0.15, 0.2) is 0 Å². The van der Waals surface area contributed by atoms with Crippen molar-refractivity contribution in [1.29, 1.82) is 0 Å². The normalized spacial score (nSPS) is 35.2. The maximum Gasteiger partial charge on any atom is 0.225 e. The zero-order valence-electron chi connectivity index (χ0n) is 16.1. The molecule has 0 aromatic rings. The molecule has 3 aliphatic heterocycles. The quantitative estimate of drug-likeness (QED) is 0.823. The van der Waals surface area contributed by atoms with E-state index in [1.807, 2.05) is 0 Å². The predicted octanol–water partition coefficient (Wildman–Crippen LogP) is 2.14. The lowest BCUT2D eigenvalue weighted by Crippen LogP contribution is -2.50. The van der Waals surface area contributed by atoms with E-state index in [1.165, 1.54) is 6.54 Å². The summed E-state index contributed by atoms with van der Waals surface area (Å²) in [6.07, 6.45) is 5.02. The first-order chi connectivity index (χ1) is 11.5. The summed E-state index contributed by atoms with van der Waals surface area (Å²) in [6.45, 7) is 12.7. The molecule has 6 heteroatoms. The Hall–Kier alpha value is -0.360. The number of carbonyl (C=O) groups excluding carboxylic acids is 1. The van der Waals surface area contributed by atoms with Gasteiger partial charge in [-0.25, -0.2) is 0 Å². The average Bonchev–Trinajstić information content (AvgIpc) is 2.54. The first kappa shape index (κ1) is 20.9. The molecule has 3 rings (SSSR count). The van der Waals surface area contributed by atoms with E-state index in [9.17, 15) is 4.79 Å². The van der Waals surface area contributed by atoms with Crippen LogP contribution in [0, 0.1) is 11.8 Å². The van der Waals surface area contributed by atoms with Crippen molar-refractivity contribution < 1.29 is 9.53 Å². The highest BCUT2D eigenvalue weighted by Crippen LogP contribution is 2.25. The lowest BCUT2D eigenvalue weighted by molar-refractivity contribution is -0.138. The van der Waals surface area contributed by atoms with Crippen LogP contribution in [0.2, 0.25) is 0 Å². The molecule has 0 bridgehead atoms. The number of likely N-dealkylation sites (tertiary alicyclic amines) is 1. The maximum atomic E-state index is 12.8. The Labute approximate surface area is 159 Å². The third kappa shape index (κ3) is 5.81. The van der Waals surface area contributed by atoms with Crippen molar-refractivity contribution in [2.75, 3.05) is 39.3 Å². The Morgan fingerprint density at radius 1 is 1.08 bits per heavy atom. The highest BCUT2D eigenvalue weighted by Gasteiger charge is 2.32. The Kier molecular flexibility index (Phi) is 7.99. The summed E-state index contributed by atoms with van der Waals surface area (Å²) in [5.74, 6) is 1.40. The van der Waals surface area contributed by atoms with Crippen LogP contribution < -0.4 is 5.32 Å². The summed E-state index contributed by atoms with van der Waals surface area (Å²) in [5, 5.41) is 3.44. The number of nitrogens with zero attached hydrogens (tertiary/aromatic N) is 2. The second kappa shape index (κ2) is 9.54. The molecule has 4 atom stereocenters. The van der Waals surface area contributed by atoms with Crippen LogP contribution in [-0.4, -0.2) is 73.2 Å². The molecule has 25 heavy (non-hydrogen) atoms. The molecule has 0 aliphatic carbocycles. The largest absolute Gasteiger partial charge is 0.373 e. The third-order valence-corrected chi connectivity index (χ3v) is 5.91. The van der Waals surface area contributed by atoms with Crippen LogP contribution in [0.5, 0.6) is 0 Å². The van der Waals surface area contributed by atoms with E-state index in [-0.39, 0.29) is 18.3 Å². The van der Waals surface area contributed by atoms with Gasteiger partial charge in [-0.1, -0.05) is 0 Å². The van der Waals surface area contributed by atoms with Crippen molar-refractivity contribution in [2.24, 2.45) is 11.8 Å². The third-order valence-electron chi connectivity index (χ3n) is 5.91. The molecule has 0 aromatic heterocycles. The highest BCUT2D eigenvalue weighted by atomic mass is 35.5. The number of rotatable bonds is 3. The highest BCUT2D eigenvalue weighted by molar-refractivity contribution is 5.85. The Bertz CT molecular complexity index is 419. The molecular weight excluding hydrogens is 338 g/mol. The average molecular weight is 374 g/mol. The minimum atomic E-state index is 0. The number of ether oxygens (including phenoxy) is 1. The van der Waals surface area contributed by atoms with Crippen molar-refractivity contribution in [2.45, 2.75) is 64.7 Å². The first-order valence-electron chi connectivity index (χ1n) is 9.91. The van der Waals surface area contributed by atoms with Crippen molar-refractivity contribution >= 4 is 18.3 Å². The number of nitrogens with one attached hydrogen (secondary N) is 1. The molecule has 3 heterocycles. The molecule has 3 saturated heterocycles. The van der Waals surface area contributed by atoms with Gasteiger partial charge in [0.2, 0.25) is 5.91 Å². The van der Waals surface area contributed by atoms with Gasteiger partial charge in [0.25, 0.3) is 0 Å². The summed E-state index contributed by atoms with van der Waals surface area (Å²) >= 11 is 0. The topological polar surface area (TPSA) is 44.8 Å². The summed E-state index contributed by atoms with van der Waals surface area (Å²) in [7, 11) is 0. The smallest absolute Gasteiger partial charge is 0.225 e. The van der Waals surface area contributed by atoms with Gasteiger partial charge in [0, 0.05) is 44.7 Å². The minimum absolute atomic E-state index is 0. The van der Waals surface area contributed by atoms with E-state index in [0.717, 1.165) is 64.3 Å². The first-order valence-corrected chi connectivity index (χ1v) is 9.91. The van der Waals surface area contributed by atoms with Crippen molar-refractivity contribution in [3.8, 4) is 0 Å². The van der Waals surface area contributed by atoms with E-state index >= 15 is 0 Å². The van der Waals surface area contributed by atoms with Crippen LogP contribution in [-0.2, 0) is 9.53 Å². The summed E-state index contributed by atoms with van der Waals surface area (Å²) in [5.41, 5.74) is 0. The number of amides is 1. The number of morpholine rings is 1. The molecule has 0 saturated carbocycles. The maximum absolute atomic E-state index is 12.8. The molecule has 0 aromatic carbocycles. The Balaban J connectivity index is 0.00000225. The van der Waals surface area contributed by atoms with Crippen molar-refractivity contribution in [3.05, 3.63) is 0 Å². The van der Waals surface area contributed by atoms with Gasteiger partial charge in [-0.15, -0.1) is 12.4 Å². The van der Waals surface area contributed by atoms with Gasteiger partial charge < -0.3 is 15.0 Å². The number of hydrogen-bond acceptors (Lipinski definition) is 4. The second-order valence-electron chi connectivity index (χ2n) is 8.32. The Morgan fingerprint density at radius 2 is 1.72 bits per heavy atom. The number of hydrogen-bond donors (Lipinski definition) is 1. The van der Waals surface area contributed by atoms with Crippen LogP contribution in [0.3, 0.4) is 0 Å². The Morgan fingerprint density at radius 3 is 2.32 bits per heavy atom. The molecule has 3 aliphatic rings. The lowest BCUT2D eigenvalue weighted by Gasteiger charge is -2.40. The SMILES string of the molecule is CC1CN(CC2CCN(C(=O)[C@H]3CCN[C@@H](C)C3)CC2)CC(C)O1.Cl. The molecule has 146 valence electrons. The van der Waals surface area contributed by atoms with E-state index < -0.39 is 0 Å². The number of halogens is 1. The number of carbonyl (C=O) groups is 1. The van der Waals surface area contributed by atoms with E-state index in [1.54, 1.807) is 0 Å². The number of piperidine rings is 2. The molecule has 3 fully saturated rings.